The number of carbonyl (C=O) groups excluding carboxylic acids is 1. The van der Waals surface area contributed by atoms with Crippen molar-refractivity contribution in [2.75, 3.05) is 5.32 Å². The molecular weight excluding hydrogens is 416 g/mol. The zero-order valence-corrected chi connectivity index (χ0v) is 15.9. The topological polar surface area (TPSA) is 68.2 Å². The van der Waals surface area contributed by atoms with Crippen molar-refractivity contribution in [1.82, 2.24) is 3.97 Å². The summed E-state index contributed by atoms with van der Waals surface area (Å²) in [7, 11) is -3.68. The SMILES string of the molecule is O=C(/C=C/c1ccn(S(=O)(=O)c2cccc(Br)c2)c1)Nc1ccccc1. The minimum absolute atomic E-state index is 0.180. The molecule has 0 saturated heterocycles. The fourth-order valence-corrected chi connectivity index (χ4v) is 4.07. The molecule has 0 aliphatic rings. The molecule has 1 N–H and O–H groups in total. The molecule has 0 aliphatic carbocycles. The number of halogens is 1. The van der Waals surface area contributed by atoms with E-state index in [1.807, 2.05) is 18.2 Å². The van der Waals surface area contributed by atoms with Crippen molar-refractivity contribution in [3.8, 4) is 0 Å². The highest BCUT2D eigenvalue weighted by molar-refractivity contribution is 9.10. The highest BCUT2D eigenvalue weighted by Crippen LogP contribution is 2.19. The third-order valence-electron chi connectivity index (χ3n) is 3.53. The maximum atomic E-state index is 12.6. The molecule has 0 saturated carbocycles. The predicted octanol–water partition coefficient (Wildman–Crippen LogP) is 4.14. The highest BCUT2D eigenvalue weighted by atomic mass is 79.9. The second-order valence-electron chi connectivity index (χ2n) is 5.43. The molecule has 2 aromatic carbocycles. The number of nitrogens with one attached hydrogen (secondary N) is 1. The number of hydrogen-bond donors (Lipinski definition) is 1. The van der Waals surface area contributed by atoms with Crippen LogP contribution in [0.5, 0.6) is 0 Å². The van der Waals surface area contributed by atoms with E-state index in [4.69, 9.17) is 0 Å². The maximum absolute atomic E-state index is 12.6. The van der Waals surface area contributed by atoms with Crippen molar-refractivity contribution in [2.45, 2.75) is 4.90 Å². The molecule has 1 amide bonds. The summed E-state index contributed by atoms with van der Waals surface area (Å²) in [6, 6.07) is 17.2. The molecule has 0 spiro atoms. The first-order valence-corrected chi connectivity index (χ1v) is 9.92. The lowest BCUT2D eigenvalue weighted by atomic mass is 10.3. The van der Waals surface area contributed by atoms with Crippen molar-refractivity contribution in [3.63, 3.8) is 0 Å². The van der Waals surface area contributed by atoms with Gasteiger partial charge in [0.2, 0.25) is 5.91 Å². The predicted molar refractivity (Wildman–Crippen MR) is 105 cm³/mol. The van der Waals surface area contributed by atoms with E-state index in [0.29, 0.717) is 15.7 Å². The van der Waals surface area contributed by atoms with Gasteiger partial charge in [-0.25, -0.2) is 12.4 Å². The summed E-state index contributed by atoms with van der Waals surface area (Å²) >= 11 is 3.27. The molecule has 0 bridgehead atoms. The number of hydrogen-bond acceptors (Lipinski definition) is 3. The summed E-state index contributed by atoms with van der Waals surface area (Å²) < 4.78 is 27.0. The van der Waals surface area contributed by atoms with Crippen LogP contribution in [-0.4, -0.2) is 18.3 Å². The van der Waals surface area contributed by atoms with Crippen LogP contribution >= 0.6 is 15.9 Å². The third-order valence-corrected chi connectivity index (χ3v) is 5.66. The average Bonchev–Trinajstić information content (AvgIpc) is 3.11. The standard InChI is InChI=1S/C19H15BrN2O3S/c20-16-5-4-8-18(13-16)26(24,25)22-12-11-15(14-22)9-10-19(23)21-17-6-2-1-3-7-17/h1-14H,(H,21,23)/b10-9+. The quantitative estimate of drug-likeness (QED) is 0.618. The van der Waals surface area contributed by atoms with Crippen LogP contribution in [-0.2, 0) is 14.8 Å². The lowest BCUT2D eigenvalue weighted by Crippen LogP contribution is -2.10. The number of amides is 1. The van der Waals surface area contributed by atoms with Crippen molar-refractivity contribution >= 4 is 43.6 Å². The Hall–Kier alpha value is -2.64. The molecular formula is C19H15BrN2O3S. The molecule has 1 aromatic heterocycles. The maximum Gasteiger partial charge on any atom is 0.267 e. The van der Waals surface area contributed by atoms with Crippen LogP contribution < -0.4 is 5.32 Å². The van der Waals surface area contributed by atoms with Crippen LogP contribution in [0.1, 0.15) is 5.56 Å². The molecule has 132 valence electrons. The Kier molecular flexibility index (Phi) is 5.39. The molecule has 0 aliphatic heterocycles. The van der Waals surface area contributed by atoms with E-state index in [-0.39, 0.29) is 10.8 Å². The fraction of sp³-hybridized carbons (Fsp3) is 0. The Labute approximate surface area is 160 Å². The molecule has 0 unspecified atom stereocenters. The monoisotopic (exact) mass is 430 g/mol. The van der Waals surface area contributed by atoms with Crippen LogP contribution in [0.2, 0.25) is 0 Å². The van der Waals surface area contributed by atoms with Gasteiger partial charge in [-0.3, -0.25) is 4.79 Å². The number of aromatic nitrogens is 1. The van der Waals surface area contributed by atoms with E-state index in [1.54, 1.807) is 36.4 Å². The largest absolute Gasteiger partial charge is 0.323 e. The zero-order valence-electron chi connectivity index (χ0n) is 13.5. The number of benzene rings is 2. The Morgan fingerprint density at radius 1 is 1.04 bits per heavy atom. The summed E-state index contributed by atoms with van der Waals surface area (Å²) in [5.74, 6) is -0.293. The van der Waals surface area contributed by atoms with E-state index >= 15 is 0 Å². The first-order chi connectivity index (χ1) is 12.4. The van der Waals surface area contributed by atoms with Gasteiger partial charge in [0.15, 0.2) is 0 Å². The summed E-state index contributed by atoms with van der Waals surface area (Å²) in [6.45, 7) is 0. The lowest BCUT2D eigenvalue weighted by molar-refractivity contribution is -0.111. The van der Waals surface area contributed by atoms with Crippen molar-refractivity contribution in [2.24, 2.45) is 0 Å². The Morgan fingerprint density at radius 3 is 2.54 bits per heavy atom. The molecule has 7 heteroatoms. The average molecular weight is 431 g/mol. The van der Waals surface area contributed by atoms with E-state index in [0.717, 1.165) is 3.97 Å². The molecule has 3 rings (SSSR count). The number of carbonyl (C=O) groups is 1. The molecule has 0 radical (unpaired) electrons. The molecule has 26 heavy (non-hydrogen) atoms. The number of anilines is 1. The van der Waals surface area contributed by atoms with Gasteiger partial charge >= 0.3 is 0 Å². The summed E-state index contributed by atoms with van der Waals surface area (Å²) in [5, 5.41) is 2.73. The minimum atomic E-state index is -3.68. The lowest BCUT2D eigenvalue weighted by Gasteiger charge is -2.05. The fourth-order valence-electron chi connectivity index (χ4n) is 2.27. The van der Waals surface area contributed by atoms with Crippen LogP contribution in [0.4, 0.5) is 5.69 Å². The van der Waals surface area contributed by atoms with Gasteiger partial charge in [0.1, 0.15) is 0 Å². The molecule has 0 fully saturated rings. The molecule has 0 atom stereocenters. The van der Waals surface area contributed by atoms with Crippen molar-refractivity contribution < 1.29 is 13.2 Å². The number of rotatable bonds is 5. The highest BCUT2D eigenvalue weighted by Gasteiger charge is 2.16. The van der Waals surface area contributed by atoms with Crippen LogP contribution in [0.15, 0.2) is 88.5 Å². The van der Waals surface area contributed by atoms with Gasteiger partial charge in [-0.15, -0.1) is 0 Å². The van der Waals surface area contributed by atoms with E-state index in [2.05, 4.69) is 21.2 Å². The van der Waals surface area contributed by atoms with E-state index in [1.165, 1.54) is 30.6 Å². The van der Waals surface area contributed by atoms with Crippen molar-refractivity contribution in [1.29, 1.82) is 0 Å². The van der Waals surface area contributed by atoms with E-state index < -0.39 is 10.0 Å². The van der Waals surface area contributed by atoms with Gasteiger partial charge in [-0.2, -0.15) is 0 Å². The normalized spacial score (nSPS) is 11.6. The van der Waals surface area contributed by atoms with Gasteiger partial charge in [-0.1, -0.05) is 40.2 Å². The second-order valence-corrected chi connectivity index (χ2v) is 8.18. The summed E-state index contributed by atoms with van der Waals surface area (Å²) in [4.78, 5) is 12.1. The number of nitrogens with zero attached hydrogens (tertiary/aromatic N) is 1. The van der Waals surface area contributed by atoms with Gasteiger partial charge < -0.3 is 5.32 Å². The van der Waals surface area contributed by atoms with E-state index in [9.17, 15) is 13.2 Å². The first kappa shape index (κ1) is 18.2. The Bertz CT molecular complexity index is 1060. The van der Waals surface area contributed by atoms with Gasteiger partial charge in [0.25, 0.3) is 10.0 Å². The smallest absolute Gasteiger partial charge is 0.267 e. The molecule has 5 nitrogen and oxygen atoms in total. The Balaban J connectivity index is 1.74. The second kappa shape index (κ2) is 7.72. The first-order valence-electron chi connectivity index (χ1n) is 7.68. The zero-order chi connectivity index (χ0) is 18.6. The minimum Gasteiger partial charge on any atom is -0.323 e. The number of para-hydroxylation sites is 1. The molecule has 3 aromatic rings. The van der Waals surface area contributed by atoms with Crippen LogP contribution in [0.25, 0.3) is 6.08 Å². The third kappa shape index (κ3) is 4.30. The summed E-state index contributed by atoms with van der Waals surface area (Å²) in [5.41, 5.74) is 1.30. The summed E-state index contributed by atoms with van der Waals surface area (Å²) in [6.07, 6.45) is 5.83. The van der Waals surface area contributed by atoms with Crippen LogP contribution in [0, 0.1) is 0 Å². The molecule has 1 heterocycles. The van der Waals surface area contributed by atoms with Gasteiger partial charge in [0, 0.05) is 28.6 Å². The van der Waals surface area contributed by atoms with Gasteiger partial charge in [-0.05, 0) is 48.0 Å². The van der Waals surface area contributed by atoms with Crippen molar-refractivity contribution in [3.05, 3.63) is 89.2 Å². The van der Waals surface area contributed by atoms with Gasteiger partial charge in [0.05, 0.1) is 4.90 Å². The van der Waals surface area contributed by atoms with Crippen LogP contribution in [0.3, 0.4) is 0 Å². The Morgan fingerprint density at radius 2 is 1.81 bits per heavy atom.